The van der Waals surface area contributed by atoms with E-state index < -0.39 is 0 Å². The van der Waals surface area contributed by atoms with Gasteiger partial charge in [0.25, 0.3) is 5.91 Å². The van der Waals surface area contributed by atoms with Crippen molar-refractivity contribution in [1.82, 2.24) is 10.2 Å². The molecule has 1 amide bonds. The number of hydrogen-bond acceptors (Lipinski definition) is 3. The zero-order valence-corrected chi connectivity index (χ0v) is 12.2. The lowest BCUT2D eigenvalue weighted by Crippen LogP contribution is -2.55. The largest absolute Gasteiger partial charge is 0.377 e. The number of nitrogens with one attached hydrogen (secondary N) is 1. The molecule has 0 saturated carbocycles. The summed E-state index contributed by atoms with van der Waals surface area (Å²) in [5.74, 6) is 0.117. The number of amides is 1. The topological polar surface area (TPSA) is 41.6 Å². The van der Waals surface area contributed by atoms with Gasteiger partial charge in [0.05, 0.1) is 18.8 Å². The number of ether oxygens (including phenoxy) is 1. The van der Waals surface area contributed by atoms with Crippen molar-refractivity contribution in [2.45, 2.75) is 32.4 Å². The molecule has 1 aromatic carbocycles. The summed E-state index contributed by atoms with van der Waals surface area (Å²) in [6, 6.07) is 6.13. The average Bonchev–Trinajstić information content (AvgIpc) is 2.45. The van der Waals surface area contributed by atoms with E-state index >= 15 is 0 Å². The lowest BCUT2D eigenvalue weighted by molar-refractivity contribution is -0.0370. The summed E-state index contributed by atoms with van der Waals surface area (Å²) in [5.41, 5.74) is 3.18. The van der Waals surface area contributed by atoms with Crippen LogP contribution in [-0.2, 0) is 17.7 Å². The minimum atomic E-state index is -0.233. The van der Waals surface area contributed by atoms with E-state index in [0.29, 0.717) is 19.8 Å². The summed E-state index contributed by atoms with van der Waals surface area (Å²) in [6.07, 6.45) is 1.05. The van der Waals surface area contributed by atoms with Gasteiger partial charge < -0.3 is 15.0 Å². The zero-order chi connectivity index (χ0) is 14.2. The van der Waals surface area contributed by atoms with Gasteiger partial charge in [-0.05, 0) is 50.1 Å². The monoisotopic (exact) mass is 274 g/mol. The Morgan fingerprint density at radius 2 is 2.20 bits per heavy atom. The summed E-state index contributed by atoms with van der Waals surface area (Å²) in [7, 11) is 0. The first kappa shape index (κ1) is 13.6. The van der Waals surface area contributed by atoms with Crippen molar-refractivity contribution in [2.24, 2.45) is 0 Å². The Morgan fingerprint density at radius 1 is 1.35 bits per heavy atom. The standard InChI is InChI=1S/C16H22N2O2/c1-16(2)11-20-8-7-18(16)15(19)13-4-3-12-5-6-17-10-14(12)9-13/h3-4,9,17H,5-8,10-11H2,1-2H3. The normalized spacial score (nSPS) is 21.4. The van der Waals surface area contributed by atoms with Crippen LogP contribution in [0.15, 0.2) is 18.2 Å². The highest BCUT2D eigenvalue weighted by atomic mass is 16.5. The molecular formula is C16H22N2O2. The molecule has 1 saturated heterocycles. The summed E-state index contributed by atoms with van der Waals surface area (Å²) in [6.45, 7) is 7.90. The van der Waals surface area contributed by atoms with Gasteiger partial charge in [0.15, 0.2) is 0 Å². The molecule has 2 heterocycles. The molecule has 4 heteroatoms. The van der Waals surface area contributed by atoms with Gasteiger partial charge in [-0.2, -0.15) is 0 Å². The van der Waals surface area contributed by atoms with Crippen LogP contribution in [0.2, 0.25) is 0 Å². The van der Waals surface area contributed by atoms with Gasteiger partial charge >= 0.3 is 0 Å². The van der Waals surface area contributed by atoms with Crippen molar-refractivity contribution in [3.8, 4) is 0 Å². The van der Waals surface area contributed by atoms with Crippen molar-refractivity contribution in [3.63, 3.8) is 0 Å². The van der Waals surface area contributed by atoms with Crippen molar-refractivity contribution >= 4 is 5.91 Å². The van der Waals surface area contributed by atoms with Gasteiger partial charge in [-0.15, -0.1) is 0 Å². The molecule has 1 N–H and O–H groups in total. The smallest absolute Gasteiger partial charge is 0.254 e. The zero-order valence-electron chi connectivity index (χ0n) is 12.2. The fraction of sp³-hybridized carbons (Fsp3) is 0.562. The lowest BCUT2D eigenvalue weighted by atomic mass is 9.96. The number of carbonyl (C=O) groups excluding carboxylic acids is 1. The molecule has 20 heavy (non-hydrogen) atoms. The van der Waals surface area contributed by atoms with Crippen molar-refractivity contribution in [3.05, 3.63) is 34.9 Å². The number of nitrogens with zero attached hydrogens (tertiary/aromatic N) is 1. The molecule has 4 nitrogen and oxygen atoms in total. The Hall–Kier alpha value is -1.39. The number of hydrogen-bond donors (Lipinski definition) is 1. The van der Waals surface area contributed by atoms with E-state index in [2.05, 4.69) is 31.3 Å². The molecule has 0 aromatic heterocycles. The summed E-state index contributed by atoms with van der Waals surface area (Å²) in [5, 5.41) is 3.36. The second kappa shape index (κ2) is 5.19. The van der Waals surface area contributed by atoms with Crippen molar-refractivity contribution in [1.29, 1.82) is 0 Å². The fourth-order valence-corrected chi connectivity index (χ4v) is 3.00. The Bertz CT molecular complexity index is 525. The molecule has 0 unspecified atom stereocenters. The van der Waals surface area contributed by atoms with Crippen LogP contribution in [0.1, 0.15) is 35.3 Å². The second-order valence-electron chi connectivity index (χ2n) is 6.23. The number of fused-ring (bicyclic) bond motifs is 1. The van der Waals surface area contributed by atoms with E-state index in [-0.39, 0.29) is 11.4 Å². The molecule has 0 spiro atoms. The summed E-state index contributed by atoms with van der Waals surface area (Å²) < 4.78 is 5.49. The van der Waals surface area contributed by atoms with Crippen LogP contribution in [0, 0.1) is 0 Å². The molecule has 0 aliphatic carbocycles. The predicted octanol–water partition coefficient (Wildman–Crippen LogP) is 1.58. The molecule has 108 valence electrons. The van der Waals surface area contributed by atoms with Crippen LogP contribution in [0.3, 0.4) is 0 Å². The molecule has 0 radical (unpaired) electrons. The van der Waals surface area contributed by atoms with Gasteiger partial charge in [-0.25, -0.2) is 0 Å². The third kappa shape index (κ3) is 2.45. The summed E-state index contributed by atoms with van der Waals surface area (Å²) >= 11 is 0. The third-order valence-corrected chi connectivity index (χ3v) is 4.23. The second-order valence-corrected chi connectivity index (χ2v) is 6.23. The first-order valence-corrected chi connectivity index (χ1v) is 7.30. The Kier molecular flexibility index (Phi) is 3.52. The van der Waals surface area contributed by atoms with Gasteiger partial charge in [-0.3, -0.25) is 4.79 Å². The molecule has 0 bridgehead atoms. The van der Waals surface area contributed by atoms with Crippen molar-refractivity contribution in [2.75, 3.05) is 26.3 Å². The minimum absolute atomic E-state index is 0.117. The number of benzene rings is 1. The average molecular weight is 274 g/mol. The molecule has 1 aromatic rings. The Morgan fingerprint density at radius 3 is 3.00 bits per heavy atom. The highest BCUT2D eigenvalue weighted by molar-refractivity contribution is 5.95. The maximum atomic E-state index is 12.8. The fourth-order valence-electron chi connectivity index (χ4n) is 3.00. The minimum Gasteiger partial charge on any atom is -0.377 e. The number of morpholine rings is 1. The Balaban J connectivity index is 1.86. The van der Waals surface area contributed by atoms with Gasteiger partial charge in [0.1, 0.15) is 0 Å². The Labute approximate surface area is 120 Å². The maximum Gasteiger partial charge on any atom is 0.254 e. The van der Waals surface area contributed by atoms with Crippen LogP contribution in [0.5, 0.6) is 0 Å². The molecule has 2 aliphatic heterocycles. The van der Waals surface area contributed by atoms with E-state index in [1.54, 1.807) is 0 Å². The maximum absolute atomic E-state index is 12.8. The lowest BCUT2D eigenvalue weighted by Gasteiger charge is -2.42. The first-order chi connectivity index (χ1) is 9.58. The van der Waals surface area contributed by atoms with Gasteiger partial charge in [0, 0.05) is 18.7 Å². The van der Waals surface area contributed by atoms with E-state index in [0.717, 1.165) is 25.1 Å². The first-order valence-electron chi connectivity index (χ1n) is 7.30. The molecule has 2 aliphatic rings. The summed E-state index contributed by atoms with van der Waals surface area (Å²) in [4.78, 5) is 14.7. The van der Waals surface area contributed by atoms with E-state index in [1.807, 2.05) is 11.0 Å². The van der Waals surface area contributed by atoms with Crippen LogP contribution in [0.25, 0.3) is 0 Å². The van der Waals surface area contributed by atoms with Crippen LogP contribution in [0.4, 0.5) is 0 Å². The molecular weight excluding hydrogens is 252 g/mol. The SMILES string of the molecule is CC1(C)COCCN1C(=O)c1ccc2c(c1)CNCC2. The highest BCUT2D eigenvalue weighted by Gasteiger charge is 2.34. The van der Waals surface area contributed by atoms with Crippen LogP contribution < -0.4 is 5.32 Å². The van der Waals surface area contributed by atoms with Gasteiger partial charge in [-0.1, -0.05) is 6.07 Å². The molecule has 0 atom stereocenters. The van der Waals surface area contributed by atoms with E-state index in [1.165, 1.54) is 11.1 Å². The molecule has 3 rings (SSSR count). The van der Waals surface area contributed by atoms with Crippen LogP contribution >= 0.6 is 0 Å². The van der Waals surface area contributed by atoms with E-state index in [4.69, 9.17) is 4.74 Å². The predicted molar refractivity (Wildman–Crippen MR) is 77.8 cm³/mol. The number of rotatable bonds is 1. The van der Waals surface area contributed by atoms with Crippen LogP contribution in [-0.4, -0.2) is 42.6 Å². The third-order valence-electron chi connectivity index (χ3n) is 4.23. The van der Waals surface area contributed by atoms with Gasteiger partial charge in [0.2, 0.25) is 0 Å². The number of carbonyl (C=O) groups is 1. The highest BCUT2D eigenvalue weighted by Crippen LogP contribution is 2.23. The van der Waals surface area contributed by atoms with Crippen molar-refractivity contribution < 1.29 is 9.53 Å². The molecule has 1 fully saturated rings. The van der Waals surface area contributed by atoms with E-state index in [9.17, 15) is 4.79 Å². The quantitative estimate of drug-likeness (QED) is 0.845.